The fourth-order valence-corrected chi connectivity index (χ4v) is 2.51. The Bertz CT molecular complexity index is 948. The lowest BCUT2D eigenvalue weighted by Gasteiger charge is -2.09. The molecule has 4 nitrogen and oxygen atoms in total. The van der Waals surface area contributed by atoms with Gasteiger partial charge < -0.3 is 10.3 Å². The Labute approximate surface area is 138 Å². The summed E-state index contributed by atoms with van der Waals surface area (Å²) in [6, 6.07) is 16.6. The number of hydrogen-bond donors (Lipinski definition) is 2. The maximum absolute atomic E-state index is 12.6. The summed E-state index contributed by atoms with van der Waals surface area (Å²) in [5.74, 6) is 2.27. The number of carbonyl (C=O) groups is 1. The van der Waals surface area contributed by atoms with Crippen LogP contribution in [-0.2, 0) is 0 Å². The maximum Gasteiger partial charge on any atom is 0.274 e. The Kier molecular flexibility index (Phi) is 4.09. The topological polar surface area (TPSA) is 49.8 Å². The van der Waals surface area contributed by atoms with Crippen LogP contribution >= 0.6 is 12.2 Å². The number of nitrogens with zero attached hydrogens (tertiary/aromatic N) is 1. The summed E-state index contributed by atoms with van der Waals surface area (Å²) in [7, 11) is 0. The van der Waals surface area contributed by atoms with Crippen LogP contribution in [0.3, 0.4) is 0 Å². The molecular weight excluding hydrogens is 306 g/mol. The molecule has 3 rings (SSSR count). The van der Waals surface area contributed by atoms with Crippen molar-refractivity contribution in [3.05, 3.63) is 76.8 Å². The minimum atomic E-state index is -0.268. The fourth-order valence-electron chi connectivity index (χ4n) is 2.25. The molecule has 23 heavy (non-hydrogen) atoms. The van der Waals surface area contributed by atoms with Gasteiger partial charge in [0.05, 0.1) is 0 Å². The van der Waals surface area contributed by atoms with Crippen molar-refractivity contribution in [1.82, 2.24) is 9.55 Å². The number of amides is 1. The third kappa shape index (κ3) is 3.07. The average Bonchev–Trinajstić information content (AvgIpc) is 2.97. The SMILES string of the molecule is C#Cc1cccc(NC(=O)c2c[nH]c(=S)n2-c2ccccc2)c1. The Balaban J connectivity index is 1.95. The summed E-state index contributed by atoms with van der Waals surface area (Å²) in [5.41, 5.74) is 2.59. The molecule has 0 aliphatic carbocycles. The predicted octanol–water partition coefficient (Wildman–Crippen LogP) is 3.77. The van der Waals surface area contributed by atoms with Crippen LogP contribution in [0.15, 0.2) is 60.8 Å². The molecule has 0 spiro atoms. The predicted molar refractivity (Wildman–Crippen MR) is 93.3 cm³/mol. The zero-order chi connectivity index (χ0) is 16.2. The number of aromatic nitrogens is 2. The van der Waals surface area contributed by atoms with Crippen LogP contribution in [0.1, 0.15) is 16.1 Å². The molecule has 0 saturated heterocycles. The highest BCUT2D eigenvalue weighted by Gasteiger charge is 2.14. The van der Waals surface area contributed by atoms with Crippen molar-refractivity contribution in [2.75, 3.05) is 5.32 Å². The molecule has 0 bridgehead atoms. The van der Waals surface area contributed by atoms with E-state index in [0.717, 1.165) is 5.69 Å². The monoisotopic (exact) mass is 319 g/mol. The first-order valence-corrected chi connectivity index (χ1v) is 7.34. The smallest absolute Gasteiger partial charge is 0.274 e. The molecule has 112 valence electrons. The Morgan fingerprint density at radius 2 is 1.96 bits per heavy atom. The van der Waals surface area contributed by atoms with Gasteiger partial charge in [-0.2, -0.15) is 0 Å². The number of H-pyrrole nitrogens is 1. The van der Waals surface area contributed by atoms with E-state index >= 15 is 0 Å². The van der Waals surface area contributed by atoms with Crippen LogP contribution in [-0.4, -0.2) is 15.5 Å². The number of anilines is 1. The summed E-state index contributed by atoms with van der Waals surface area (Å²) < 4.78 is 2.15. The van der Waals surface area contributed by atoms with E-state index in [1.807, 2.05) is 30.3 Å². The van der Waals surface area contributed by atoms with Gasteiger partial charge in [0, 0.05) is 23.1 Å². The van der Waals surface area contributed by atoms with Crippen LogP contribution in [0.5, 0.6) is 0 Å². The van der Waals surface area contributed by atoms with Gasteiger partial charge in [-0.25, -0.2) is 0 Å². The zero-order valence-corrected chi connectivity index (χ0v) is 12.9. The van der Waals surface area contributed by atoms with Gasteiger partial charge in [0.1, 0.15) is 5.69 Å². The van der Waals surface area contributed by atoms with E-state index in [9.17, 15) is 4.79 Å². The van der Waals surface area contributed by atoms with Crippen molar-refractivity contribution in [1.29, 1.82) is 0 Å². The molecule has 5 heteroatoms. The first kappa shape index (κ1) is 14.8. The van der Waals surface area contributed by atoms with E-state index < -0.39 is 0 Å². The molecule has 0 saturated carbocycles. The van der Waals surface area contributed by atoms with Gasteiger partial charge in [-0.05, 0) is 42.5 Å². The molecular formula is C18H13N3OS. The molecule has 0 unspecified atom stereocenters. The van der Waals surface area contributed by atoms with Crippen LogP contribution < -0.4 is 5.32 Å². The van der Waals surface area contributed by atoms with Gasteiger partial charge in [0.2, 0.25) is 0 Å². The number of para-hydroxylation sites is 1. The lowest BCUT2D eigenvalue weighted by Crippen LogP contribution is -2.16. The summed E-state index contributed by atoms with van der Waals surface area (Å²) >= 11 is 5.28. The number of benzene rings is 2. The second kappa shape index (κ2) is 6.34. The van der Waals surface area contributed by atoms with E-state index in [-0.39, 0.29) is 5.91 Å². The van der Waals surface area contributed by atoms with Gasteiger partial charge >= 0.3 is 0 Å². The summed E-state index contributed by atoms with van der Waals surface area (Å²) in [6.07, 6.45) is 6.97. The lowest BCUT2D eigenvalue weighted by atomic mass is 10.2. The molecule has 0 aliphatic rings. The highest BCUT2D eigenvalue weighted by Crippen LogP contribution is 2.15. The Morgan fingerprint density at radius 3 is 2.70 bits per heavy atom. The van der Waals surface area contributed by atoms with E-state index in [0.29, 0.717) is 21.7 Å². The minimum Gasteiger partial charge on any atom is -0.336 e. The summed E-state index contributed by atoms with van der Waals surface area (Å²) in [6.45, 7) is 0. The van der Waals surface area contributed by atoms with Crippen molar-refractivity contribution in [2.24, 2.45) is 0 Å². The third-order valence-corrected chi connectivity index (χ3v) is 3.61. The molecule has 1 heterocycles. The van der Waals surface area contributed by atoms with Crippen molar-refractivity contribution < 1.29 is 4.79 Å². The van der Waals surface area contributed by atoms with Gasteiger partial charge in [-0.1, -0.05) is 30.2 Å². The standard InChI is InChI=1S/C18H13N3OS/c1-2-13-7-6-8-14(11-13)20-17(22)16-12-19-18(23)21(16)15-9-4-3-5-10-15/h1,3-12H,(H,19,23)(H,20,22). The zero-order valence-electron chi connectivity index (χ0n) is 12.1. The number of hydrogen-bond acceptors (Lipinski definition) is 2. The summed E-state index contributed by atoms with van der Waals surface area (Å²) in [5, 5.41) is 2.83. The highest BCUT2D eigenvalue weighted by molar-refractivity contribution is 7.71. The second-order valence-electron chi connectivity index (χ2n) is 4.83. The molecule has 3 aromatic rings. The lowest BCUT2D eigenvalue weighted by molar-refractivity contribution is 0.102. The number of aromatic amines is 1. The van der Waals surface area contributed by atoms with Crippen LogP contribution in [0.2, 0.25) is 0 Å². The minimum absolute atomic E-state index is 0.268. The van der Waals surface area contributed by atoms with Crippen LogP contribution in [0.25, 0.3) is 5.69 Å². The average molecular weight is 319 g/mol. The van der Waals surface area contributed by atoms with Crippen LogP contribution in [0.4, 0.5) is 5.69 Å². The molecule has 0 radical (unpaired) electrons. The van der Waals surface area contributed by atoms with Crippen molar-refractivity contribution in [2.45, 2.75) is 0 Å². The third-order valence-electron chi connectivity index (χ3n) is 3.31. The quantitative estimate of drug-likeness (QED) is 0.570. The Morgan fingerprint density at radius 1 is 1.17 bits per heavy atom. The number of rotatable bonds is 3. The fraction of sp³-hybridized carbons (Fsp3) is 0. The molecule has 1 aromatic heterocycles. The number of terminal acetylenes is 1. The molecule has 1 amide bonds. The second-order valence-corrected chi connectivity index (χ2v) is 5.22. The number of carbonyl (C=O) groups excluding carboxylic acids is 1. The molecule has 2 N–H and O–H groups in total. The van der Waals surface area contributed by atoms with E-state index in [1.54, 1.807) is 35.0 Å². The van der Waals surface area contributed by atoms with E-state index in [2.05, 4.69) is 16.2 Å². The normalized spacial score (nSPS) is 10.0. The van der Waals surface area contributed by atoms with Gasteiger partial charge in [-0.15, -0.1) is 6.42 Å². The van der Waals surface area contributed by atoms with Gasteiger partial charge in [0.15, 0.2) is 4.77 Å². The van der Waals surface area contributed by atoms with Crippen molar-refractivity contribution in [3.8, 4) is 18.0 Å². The maximum atomic E-state index is 12.6. The van der Waals surface area contributed by atoms with E-state index in [4.69, 9.17) is 18.6 Å². The van der Waals surface area contributed by atoms with Crippen molar-refractivity contribution in [3.63, 3.8) is 0 Å². The summed E-state index contributed by atoms with van der Waals surface area (Å²) in [4.78, 5) is 15.5. The molecule has 0 atom stereocenters. The van der Waals surface area contributed by atoms with Gasteiger partial charge in [-0.3, -0.25) is 9.36 Å². The highest BCUT2D eigenvalue weighted by atomic mass is 32.1. The first-order chi connectivity index (χ1) is 11.2. The van der Waals surface area contributed by atoms with Crippen molar-refractivity contribution >= 4 is 23.8 Å². The number of imidazole rings is 1. The molecule has 0 aliphatic heterocycles. The number of nitrogens with one attached hydrogen (secondary N) is 2. The van der Waals surface area contributed by atoms with Crippen LogP contribution in [0, 0.1) is 17.1 Å². The van der Waals surface area contributed by atoms with Gasteiger partial charge in [0.25, 0.3) is 5.91 Å². The molecule has 2 aromatic carbocycles. The largest absolute Gasteiger partial charge is 0.336 e. The first-order valence-electron chi connectivity index (χ1n) is 6.93. The molecule has 0 fully saturated rings. The van der Waals surface area contributed by atoms with E-state index in [1.165, 1.54) is 0 Å². The Hall–Kier alpha value is -3.10.